The van der Waals surface area contributed by atoms with Crippen LogP contribution in [-0.2, 0) is 19.6 Å². The fourth-order valence-corrected chi connectivity index (χ4v) is 3.00. The fraction of sp³-hybridized carbons (Fsp3) is 0.263. The molecule has 2 amide bonds. The number of sulfonamides is 1. The predicted molar refractivity (Wildman–Crippen MR) is 109 cm³/mol. The van der Waals surface area contributed by atoms with E-state index in [9.17, 15) is 18.0 Å². The molecule has 0 heterocycles. The van der Waals surface area contributed by atoms with Crippen molar-refractivity contribution >= 4 is 33.2 Å². The average Bonchev–Trinajstić information content (AvgIpc) is 2.67. The minimum Gasteiger partial charge on any atom is -0.497 e. The Bertz CT molecular complexity index is 959. The van der Waals surface area contributed by atoms with Crippen molar-refractivity contribution in [3.8, 4) is 5.75 Å². The largest absolute Gasteiger partial charge is 0.497 e. The summed E-state index contributed by atoms with van der Waals surface area (Å²) in [6.45, 7) is 1.79. The SMILES string of the molecule is COc1ccc(NC(=O)C[NH+](C)[C@H](C)C(=O)Nc2ccc(S(N)(=O)=O)cc2)cc1. The van der Waals surface area contributed by atoms with Crippen LogP contribution in [-0.4, -0.2) is 47.0 Å². The molecule has 0 fully saturated rings. The zero-order valence-electron chi connectivity index (χ0n) is 16.4. The summed E-state index contributed by atoms with van der Waals surface area (Å²) in [6, 6.07) is 12.0. The summed E-state index contributed by atoms with van der Waals surface area (Å²) < 4.78 is 27.6. The van der Waals surface area contributed by atoms with Crippen molar-refractivity contribution in [2.24, 2.45) is 5.14 Å². The molecule has 9 nitrogen and oxygen atoms in total. The molecule has 5 N–H and O–H groups in total. The van der Waals surface area contributed by atoms with Crippen molar-refractivity contribution in [3.63, 3.8) is 0 Å². The molecule has 0 aliphatic carbocycles. The molecular weight excluding hydrogens is 396 g/mol. The van der Waals surface area contributed by atoms with E-state index in [-0.39, 0.29) is 23.3 Å². The minimum absolute atomic E-state index is 0.0403. The molecule has 0 radical (unpaired) electrons. The molecule has 2 aromatic rings. The third-order valence-corrected chi connectivity index (χ3v) is 5.33. The highest BCUT2D eigenvalue weighted by Crippen LogP contribution is 2.15. The fourth-order valence-electron chi connectivity index (χ4n) is 2.49. The number of methoxy groups -OCH3 is 1. The minimum atomic E-state index is -3.79. The Kier molecular flexibility index (Phi) is 7.32. The van der Waals surface area contributed by atoms with E-state index in [4.69, 9.17) is 9.88 Å². The first kappa shape index (κ1) is 22.3. The number of hydrogen-bond donors (Lipinski definition) is 4. The standard InChI is InChI=1S/C19H24N4O5S/c1-13(19(25)22-15-6-10-17(11-7-15)29(20,26)27)23(2)12-18(24)21-14-4-8-16(28-3)9-5-14/h4-11,13H,12H2,1-3H3,(H,21,24)(H,22,25)(H2,20,26,27)/p+1/t13-/m1/s1. The van der Waals surface area contributed by atoms with Gasteiger partial charge in [-0.3, -0.25) is 9.59 Å². The second-order valence-electron chi connectivity index (χ2n) is 6.58. The molecule has 0 saturated carbocycles. The van der Waals surface area contributed by atoms with Gasteiger partial charge in [-0.15, -0.1) is 0 Å². The van der Waals surface area contributed by atoms with Gasteiger partial charge in [-0.05, 0) is 55.5 Å². The Labute approximate surface area is 169 Å². The third-order valence-electron chi connectivity index (χ3n) is 4.40. The summed E-state index contributed by atoms with van der Waals surface area (Å²) in [7, 11) is -0.489. The summed E-state index contributed by atoms with van der Waals surface area (Å²) in [6.07, 6.45) is 0. The van der Waals surface area contributed by atoms with E-state index >= 15 is 0 Å². The van der Waals surface area contributed by atoms with Crippen molar-refractivity contribution in [2.45, 2.75) is 17.9 Å². The summed E-state index contributed by atoms with van der Waals surface area (Å²) >= 11 is 0. The molecule has 156 valence electrons. The smallest absolute Gasteiger partial charge is 0.282 e. The van der Waals surface area contributed by atoms with E-state index < -0.39 is 16.1 Å². The van der Waals surface area contributed by atoms with E-state index in [2.05, 4.69) is 10.6 Å². The highest BCUT2D eigenvalue weighted by molar-refractivity contribution is 7.89. The maximum absolute atomic E-state index is 12.4. The van der Waals surface area contributed by atoms with Crippen molar-refractivity contribution < 1.29 is 27.6 Å². The molecule has 0 aromatic heterocycles. The lowest BCUT2D eigenvalue weighted by Crippen LogP contribution is -3.14. The molecule has 2 atom stereocenters. The van der Waals surface area contributed by atoms with Crippen LogP contribution in [0.3, 0.4) is 0 Å². The molecule has 2 rings (SSSR count). The third kappa shape index (κ3) is 6.56. The number of likely N-dealkylation sites (N-methyl/N-ethyl adjacent to an activating group) is 1. The Morgan fingerprint density at radius 1 is 1.03 bits per heavy atom. The van der Waals surface area contributed by atoms with Gasteiger partial charge in [0.1, 0.15) is 5.75 Å². The Morgan fingerprint density at radius 2 is 1.55 bits per heavy atom. The van der Waals surface area contributed by atoms with Gasteiger partial charge in [0.2, 0.25) is 10.0 Å². The number of primary sulfonamides is 1. The first-order valence-electron chi connectivity index (χ1n) is 8.80. The number of carbonyl (C=O) groups excluding carboxylic acids is 2. The van der Waals surface area contributed by atoms with Gasteiger partial charge in [-0.1, -0.05) is 0 Å². The molecule has 0 aliphatic heterocycles. The normalized spacial score (nSPS) is 13.2. The average molecular weight is 421 g/mol. The van der Waals surface area contributed by atoms with Crippen LogP contribution in [0.25, 0.3) is 0 Å². The number of anilines is 2. The van der Waals surface area contributed by atoms with Crippen LogP contribution in [0, 0.1) is 0 Å². The summed E-state index contributed by atoms with van der Waals surface area (Å²) in [5.41, 5.74) is 1.07. The topological polar surface area (TPSA) is 132 Å². The molecular formula is C19H25N4O5S+. The van der Waals surface area contributed by atoms with Crippen LogP contribution < -0.4 is 25.4 Å². The predicted octanol–water partition coefficient (Wildman–Crippen LogP) is -0.177. The van der Waals surface area contributed by atoms with E-state index in [1.165, 1.54) is 24.3 Å². The first-order chi connectivity index (χ1) is 13.6. The lowest BCUT2D eigenvalue weighted by Gasteiger charge is -2.20. The van der Waals surface area contributed by atoms with Crippen LogP contribution in [0.1, 0.15) is 6.92 Å². The van der Waals surface area contributed by atoms with E-state index in [0.29, 0.717) is 22.0 Å². The van der Waals surface area contributed by atoms with Gasteiger partial charge in [0, 0.05) is 11.4 Å². The van der Waals surface area contributed by atoms with Gasteiger partial charge in [-0.25, -0.2) is 13.6 Å². The number of quaternary nitrogens is 1. The molecule has 10 heteroatoms. The van der Waals surface area contributed by atoms with E-state index in [1.54, 1.807) is 45.3 Å². The quantitative estimate of drug-likeness (QED) is 0.470. The highest BCUT2D eigenvalue weighted by atomic mass is 32.2. The zero-order chi connectivity index (χ0) is 21.6. The van der Waals surface area contributed by atoms with Crippen molar-refractivity contribution in [1.29, 1.82) is 0 Å². The van der Waals surface area contributed by atoms with Gasteiger partial charge in [-0.2, -0.15) is 0 Å². The van der Waals surface area contributed by atoms with Gasteiger partial charge in [0.25, 0.3) is 11.8 Å². The van der Waals surface area contributed by atoms with Crippen LogP contribution in [0.4, 0.5) is 11.4 Å². The van der Waals surface area contributed by atoms with E-state index in [1.807, 2.05) is 0 Å². The number of nitrogens with one attached hydrogen (secondary N) is 3. The molecule has 29 heavy (non-hydrogen) atoms. The maximum Gasteiger partial charge on any atom is 0.282 e. The lowest BCUT2D eigenvalue weighted by atomic mass is 10.2. The molecule has 0 bridgehead atoms. The molecule has 0 aliphatic rings. The summed E-state index contributed by atoms with van der Waals surface area (Å²) in [4.78, 5) is 25.3. The Balaban J connectivity index is 1.90. The highest BCUT2D eigenvalue weighted by Gasteiger charge is 2.24. The van der Waals surface area contributed by atoms with Crippen LogP contribution in [0.5, 0.6) is 5.75 Å². The van der Waals surface area contributed by atoms with E-state index in [0.717, 1.165) is 0 Å². The van der Waals surface area contributed by atoms with Gasteiger partial charge >= 0.3 is 0 Å². The van der Waals surface area contributed by atoms with Gasteiger partial charge < -0.3 is 20.3 Å². The van der Waals surface area contributed by atoms with Gasteiger partial charge in [0.15, 0.2) is 12.6 Å². The molecule has 0 spiro atoms. The monoisotopic (exact) mass is 421 g/mol. The zero-order valence-corrected chi connectivity index (χ0v) is 17.2. The number of carbonyl (C=O) groups is 2. The maximum atomic E-state index is 12.4. The number of ether oxygens (including phenoxy) is 1. The number of hydrogen-bond acceptors (Lipinski definition) is 5. The van der Waals surface area contributed by atoms with Crippen LogP contribution in [0.2, 0.25) is 0 Å². The second-order valence-corrected chi connectivity index (χ2v) is 8.14. The number of rotatable bonds is 8. The molecule has 0 saturated heterocycles. The van der Waals surface area contributed by atoms with Crippen molar-refractivity contribution in [1.82, 2.24) is 0 Å². The number of amides is 2. The Hall–Kier alpha value is -2.95. The summed E-state index contributed by atoms with van der Waals surface area (Å²) in [5.74, 6) is 0.154. The Morgan fingerprint density at radius 3 is 2.07 bits per heavy atom. The van der Waals surface area contributed by atoms with Crippen molar-refractivity contribution in [2.75, 3.05) is 31.3 Å². The number of nitrogens with two attached hydrogens (primary N) is 1. The van der Waals surface area contributed by atoms with Crippen LogP contribution in [0.15, 0.2) is 53.4 Å². The summed E-state index contributed by atoms with van der Waals surface area (Å²) in [5, 5.41) is 10.5. The first-order valence-corrected chi connectivity index (χ1v) is 10.3. The molecule has 2 aromatic carbocycles. The van der Waals surface area contributed by atoms with Crippen molar-refractivity contribution in [3.05, 3.63) is 48.5 Å². The van der Waals surface area contributed by atoms with Crippen LogP contribution >= 0.6 is 0 Å². The lowest BCUT2D eigenvalue weighted by molar-refractivity contribution is -0.885. The number of benzene rings is 2. The van der Waals surface area contributed by atoms with Gasteiger partial charge in [0.05, 0.1) is 19.1 Å². The molecule has 1 unspecified atom stereocenters. The second kappa shape index (κ2) is 9.50.